The second kappa shape index (κ2) is 9.05. The molecule has 3 rings (SSSR count). The molecule has 1 saturated heterocycles. The van der Waals surface area contributed by atoms with Gasteiger partial charge >= 0.3 is 0 Å². The zero-order valence-electron chi connectivity index (χ0n) is 15.7. The Morgan fingerprint density at radius 3 is 2.41 bits per heavy atom. The third-order valence-electron chi connectivity index (χ3n) is 4.94. The molecule has 1 aliphatic heterocycles. The molecule has 1 aliphatic rings. The van der Waals surface area contributed by atoms with E-state index in [0.29, 0.717) is 44.0 Å². The van der Waals surface area contributed by atoms with Crippen LogP contribution in [0.3, 0.4) is 0 Å². The van der Waals surface area contributed by atoms with Crippen molar-refractivity contribution in [3.05, 3.63) is 70.2 Å². The standard InChI is InChI=1S/C22H25ClN2O2/c1-17-4-2-5-19(16-17)22(27)25-13-3-12-24(14-15-25)21(26)11-8-18-6-9-20(23)10-7-18/h2,4-7,9-10,16H,3,8,11-15H2,1H3. The molecule has 0 saturated carbocycles. The molecule has 0 radical (unpaired) electrons. The largest absolute Gasteiger partial charge is 0.341 e. The lowest BCUT2D eigenvalue weighted by atomic mass is 10.1. The maximum atomic E-state index is 12.7. The smallest absolute Gasteiger partial charge is 0.253 e. The van der Waals surface area contributed by atoms with Crippen molar-refractivity contribution in [1.29, 1.82) is 0 Å². The van der Waals surface area contributed by atoms with E-state index in [1.54, 1.807) is 0 Å². The fraction of sp³-hybridized carbons (Fsp3) is 0.364. The van der Waals surface area contributed by atoms with E-state index in [1.165, 1.54) is 0 Å². The zero-order valence-corrected chi connectivity index (χ0v) is 16.4. The van der Waals surface area contributed by atoms with Crippen LogP contribution in [0, 0.1) is 6.92 Å². The van der Waals surface area contributed by atoms with Crippen molar-refractivity contribution < 1.29 is 9.59 Å². The lowest BCUT2D eigenvalue weighted by molar-refractivity contribution is -0.131. The molecule has 142 valence electrons. The number of aryl methyl sites for hydroxylation is 2. The average Bonchev–Trinajstić information content (AvgIpc) is 2.93. The number of amides is 2. The lowest BCUT2D eigenvalue weighted by Crippen LogP contribution is -2.37. The van der Waals surface area contributed by atoms with E-state index in [9.17, 15) is 9.59 Å². The lowest BCUT2D eigenvalue weighted by Gasteiger charge is -2.22. The molecule has 0 N–H and O–H groups in total. The Kier molecular flexibility index (Phi) is 6.51. The average molecular weight is 385 g/mol. The van der Waals surface area contributed by atoms with Gasteiger partial charge in [0.05, 0.1) is 0 Å². The first-order valence-corrected chi connectivity index (χ1v) is 9.79. The van der Waals surface area contributed by atoms with Crippen molar-refractivity contribution in [3.63, 3.8) is 0 Å². The summed E-state index contributed by atoms with van der Waals surface area (Å²) >= 11 is 5.90. The molecule has 2 amide bonds. The summed E-state index contributed by atoms with van der Waals surface area (Å²) in [5, 5.41) is 0.705. The summed E-state index contributed by atoms with van der Waals surface area (Å²) in [6.07, 6.45) is 2.00. The number of carbonyl (C=O) groups excluding carboxylic acids is 2. The summed E-state index contributed by atoms with van der Waals surface area (Å²) in [4.78, 5) is 29.1. The fourth-order valence-electron chi connectivity index (χ4n) is 3.39. The van der Waals surface area contributed by atoms with Crippen molar-refractivity contribution in [2.75, 3.05) is 26.2 Å². The van der Waals surface area contributed by atoms with E-state index in [1.807, 2.05) is 65.3 Å². The Bertz CT molecular complexity index is 804. The Morgan fingerprint density at radius 2 is 1.67 bits per heavy atom. The van der Waals surface area contributed by atoms with Gasteiger partial charge in [-0.15, -0.1) is 0 Å². The zero-order chi connectivity index (χ0) is 19.2. The van der Waals surface area contributed by atoms with Gasteiger partial charge in [0, 0.05) is 43.2 Å². The number of rotatable bonds is 4. The molecule has 2 aromatic rings. The van der Waals surface area contributed by atoms with Gasteiger partial charge in [0.25, 0.3) is 5.91 Å². The fourth-order valence-corrected chi connectivity index (χ4v) is 3.52. The highest BCUT2D eigenvalue weighted by Crippen LogP contribution is 2.14. The van der Waals surface area contributed by atoms with Crippen LogP contribution in [0.5, 0.6) is 0 Å². The highest BCUT2D eigenvalue weighted by molar-refractivity contribution is 6.30. The molecule has 0 unspecified atom stereocenters. The number of hydrogen-bond acceptors (Lipinski definition) is 2. The third kappa shape index (κ3) is 5.33. The van der Waals surface area contributed by atoms with Gasteiger partial charge in [0.15, 0.2) is 0 Å². The number of carbonyl (C=O) groups is 2. The van der Waals surface area contributed by atoms with Crippen LogP contribution in [0.4, 0.5) is 0 Å². The van der Waals surface area contributed by atoms with Crippen molar-refractivity contribution in [2.45, 2.75) is 26.2 Å². The van der Waals surface area contributed by atoms with Crippen LogP contribution in [0.2, 0.25) is 5.02 Å². The Labute approximate surface area is 165 Å². The molecule has 27 heavy (non-hydrogen) atoms. The molecule has 0 spiro atoms. The van der Waals surface area contributed by atoms with Gasteiger partial charge in [-0.2, -0.15) is 0 Å². The van der Waals surface area contributed by atoms with Crippen molar-refractivity contribution in [1.82, 2.24) is 9.80 Å². The molecule has 2 aromatic carbocycles. The minimum absolute atomic E-state index is 0.0502. The van der Waals surface area contributed by atoms with Crippen LogP contribution in [-0.2, 0) is 11.2 Å². The van der Waals surface area contributed by atoms with E-state index in [-0.39, 0.29) is 11.8 Å². The van der Waals surface area contributed by atoms with E-state index >= 15 is 0 Å². The first-order valence-electron chi connectivity index (χ1n) is 9.41. The van der Waals surface area contributed by atoms with Gasteiger partial charge in [0.1, 0.15) is 0 Å². The van der Waals surface area contributed by atoms with E-state index < -0.39 is 0 Å². The summed E-state index contributed by atoms with van der Waals surface area (Å²) < 4.78 is 0. The van der Waals surface area contributed by atoms with Crippen molar-refractivity contribution in [3.8, 4) is 0 Å². The topological polar surface area (TPSA) is 40.6 Å². The van der Waals surface area contributed by atoms with Gasteiger partial charge in [0.2, 0.25) is 5.91 Å². The molecule has 0 aromatic heterocycles. The summed E-state index contributed by atoms with van der Waals surface area (Å²) in [5.74, 6) is 0.198. The highest BCUT2D eigenvalue weighted by atomic mass is 35.5. The molecular formula is C22H25ClN2O2. The molecule has 1 heterocycles. The van der Waals surface area contributed by atoms with E-state index in [0.717, 1.165) is 23.1 Å². The van der Waals surface area contributed by atoms with Gasteiger partial charge in [-0.25, -0.2) is 0 Å². The molecular weight excluding hydrogens is 360 g/mol. The number of nitrogens with zero attached hydrogens (tertiary/aromatic N) is 2. The van der Waals surface area contributed by atoms with Crippen LogP contribution >= 0.6 is 11.6 Å². The SMILES string of the molecule is Cc1cccc(C(=O)N2CCCN(C(=O)CCc3ccc(Cl)cc3)CC2)c1. The Balaban J connectivity index is 1.53. The van der Waals surface area contributed by atoms with Crippen LogP contribution in [0.15, 0.2) is 48.5 Å². The monoisotopic (exact) mass is 384 g/mol. The van der Waals surface area contributed by atoms with E-state index in [4.69, 9.17) is 11.6 Å². The minimum atomic E-state index is 0.0502. The molecule has 5 heteroatoms. The van der Waals surface area contributed by atoms with Gasteiger partial charge in [-0.1, -0.05) is 41.4 Å². The summed E-state index contributed by atoms with van der Waals surface area (Å²) in [7, 11) is 0. The van der Waals surface area contributed by atoms with E-state index in [2.05, 4.69) is 0 Å². The summed E-state index contributed by atoms with van der Waals surface area (Å²) in [6.45, 7) is 4.56. The predicted octanol–water partition coefficient (Wildman–Crippen LogP) is 3.96. The first-order chi connectivity index (χ1) is 13.0. The number of benzene rings is 2. The minimum Gasteiger partial charge on any atom is -0.341 e. The first kappa shape index (κ1) is 19.4. The Hall–Kier alpha value is -2.33. The maximum Gasteiger partial charge on any atom is 0.253 e. The van der Waals surface area contributed by atoms with Crippen molar-refractivity contribution in [2.24, 2.45) is 0 Å². The van der Waals surface area contributed by atoms with Gasteiger partial charge in [-0.05, 0) is 49.6 Å². The Morgan fingerprint density at radius 1 is 0.963 bits per heavy atom. The summed E-state index contributed by atoms with van der Waals surface area (Å²) in [5.41, 5.74) is 2.91. The molecule has 4 nitrogen and oxygen atoms in total. The third-order valence-corrected chi connectivity index (χ3v) is 5.19. The van der Waals surface area contributed by atoms with Crippen LogP contribution in [-0.4, -0.2) is 47.8 Å². The summed E-state index contributed by atoms with van der Waals surface area (Å²) in [6, 6.07) is 15.3. The maximum absolute atomic E-state index is 12.7. The molecule has 0 aliphatic carbocycles. The normalized spacial score (nSPS) is 14.7. The molecule has 0 atom stereocenters. The predicted molar refractivity (Wildman–Crippen MR) is 108 cm³/mol. The van der Waals surface area contributed by atoms with Crippen molar-refractivity contribution >= 4 is 23.4 Å². The molecule has 1 fully saturated rings. The highest BCUT2D eigenvalue weighted by Gasteiger charge is 2.22. The van der Waals surface area contributed by atoms with Crippen LogP contribution < -0.4 is 0 Å². The number of halogens is 1. The molecule has 0 bridgehead atoms. The van der Waals surface area contributed by atoms with Crippen LogP contribution in [0.25, 0.3) is 0 Å². The quantitative estimate of drug-likeness (QED) is 0.800. The second-order valence-electron chi connectivity index (χ2n) is 7.02. The van der Waals surface area contributed by atoms with Gasteiger partial charge < -0.3 is 9.80 Å². The number of hydrogen-bond donors (Lipinski definition) is 0. The van der Waals surface area contributed by atoms with Crippen LogP contribution in [0.1, 0.15) is 34.3 Å². The second-order valence-corrected chi connectivity index (χ2v) is 7.46. The van der Waals surface area contributed by atoms with Gasteiger partial charge in [-0.3, -0.25) is 9.59 Å².